The van der Waals surface area contributed by atoms with Crippen molar-refractivity contribution >= 4 is 43.4 Å². The van der Waals surface area contributed by atoms with E-state index in [1.807, 2.05) is 60.7 Å². The van der Waals surface area contributed by atoms with Gasteiger partial charge >= 0.3 is 0 Å². The second-order valence-corrected chi connectivity index (χ2v) is 13.1. The molecule has 2 aromatic heterocycles. The van der Waals surface area contributed by atoms with Crippen LogP contribution in [0.1, 0.15) is 0 Å². The molecule has 10 heteroatoms. The molecule has 8 bridgehead atoms. The van der Waals surface area contributed by atoms with Crippen LogP contribution in [0.5, 0.6) is 11.5 Å². The second-order valence-electron chi connectivity index (χ2n) is 10.4. The minimum atomic E-state index is 0.476. The lowest BCUT2D eigenvalue weighted by Crippen LogP contribution is -2.12. The SMILES string of the molecule is c1cc2ccc1OCCOCCOCCSSCCOCCOCCOc1ccc(cc1)-c1ccc3ccc4ccc-2nc4c3n1. The second kappa shape index (κ2) is 17.5. The van der Waals surface area contributed by atoms with Crippen LogP contribution >= 0.6 is 21.6 Å². The molecule has 0 spiro atoms. The lowest BCUT2D eigenvalue weighted by Gasteiger charge is -2.10. The van der Waals surface area contributed by atoms with Gasteiger partial charge in [-0.2, -0.15) is 0 Å². The Morgan fingerprint density at radius 2 is 0.761 bits per heavy atom. The van der Waals surface area contributed by atoms with E-state index >= 15 is 0 Å². The van der Waals surface area contributed by atoms with E-state index in [1.165, 1.54) is 0 Å². The number of ether oxygens (including phenoxy) is 6. The molecule has 240 valence electrons. The zero-order valence-electron chi connectivity index (χ0n) is 25.7. The van der Waals surface area contributed by atoms with Gasteiger partial charge in [-0.25, -0.2) is 9.97 Å². The molecular formula is C36H38N2O6S2. The predicted octanol–water partition coefficient (Wildman–Crippen LogP) is 7.34. The monoisotopic (exact) mass is 658 g/mol. The molecule has 3 aromatic carbocycles. The highest BCUT2D eigenvalue weighted by Crippen LogP contribution is 2.30. The molecule has 0 atom stereocenters. The summed E-state index contributed by atoms with van der Waals surface area (Å²) in [6, 6.07) is 28.5. The number of fused-ring (bicyclic) bond motifs is 2. The highest BCUT2D eigenvalue weighted by molar-refractivity contribution is 8.76. The van der Waals surface area contributed by atoms with E-state index in [9.17, 15) is 0 Å². The maximum atomic E-state index is 5.88. The van der Waals surface area contributed by atoms with Gasteiger partial charge in [0.1, 0.15) is 24.7 Å². The van der Waals surface area contributed by atoms with Crippen molar-refractivity contribution in [3.8, 4) is 34.0 Å². The van der Waals surface area contributed by atoms with Gasteiger partial charge in [0.2, 0.25) is 0 Å². The summed E-state index contributed by atoms with van der Waals surface area (Å²) in [7, 11) is 3.59. The molecule has 46 heavy (non-hydrogen) atoms. The molecular weight excluding hydrogens is 621 g/mol. The fourth-order valence-electron chi connectivity index (χ4n) is 4.92. The quantitative estimate of drug-likeness (QED) is 0.125. The Balaban J connectivity index is 1.15. The van der Waals surface area contributed by atoms with Gasteiger partial charge in [-0.15, -0.1) is 0 Å². The summed E-state index contributed by atoms with van der Waals surface area (Å²) in [5.74, 6) is 3.45. The molecule has 0 saturated heterocycles. The zero-order valence-corrected chi connectivity index (χ0v) is 27.4. The Hall–Kier alpha value is -3.38. The molecule has 3 aliphatic heterocycles. The highest BCUT2D eigenvalue weighted by atomic mass is 33.1. The predicted molar refractivity (Wildman–Crippen MR) is 187 cm³/mol. The molecule has 8 rings (SSSR count). The fraction of sp³-hybridized carbons (Fsp3) is 0.333. The van der Waals surface area contributed by atoms with Crippen LogP contribution in [0.15, 0.2) is 84.9 Å². The largest absolute Gasteiger partial charge is 0.491 e. The lowest BCUT2D eigenvalue weighted by atomic mass is 10.1. The minimum absolute atomic E-state index is 0.476. The molecule has 3 aliphatic rings. The summed E-state index contributed by atoms with van der Waals surface area (Å²) in [4.78, 5) is 10.1. The van der Waals surface area contributed by atoms with Gasteiger partial charge in [-0.05, 0) is 60.7 Å². The van der Waals surface area contributed by atoms with Crippen LogP contribution in [0.4, 0.5) is 0 Å². The Kier molecular flexibility index (Phi) is 12.4. The third-order valence-corrected chi connectivity index (χ3v) is 9.60. The Morgan fingerprint density at radius 3 is 1.20 bits per heavy atom. The Labute approximate surface area is 277 Å². The molecule has 0 amide bonds. The fourth-order valence-corrected chi connectivity index (χ4v) is 6.64. The molecule has 0 radical (unpaired) electrons. The van der Waals surface area contributed by atoms with Crippen LogP contribution < -0.4 is 9.47 Å². The van der Waals surface area contributed by atoms with Gasteiger partial charge in [-0.3, -0.25) is 0 Å². The Bertz CT molecular complexity index is 1550. The number of aromatic nitrogens is 2. The van der Waals surface area contributed by atoms with Crippen molar-refractivity contribution in [1.29, 1.82) is 0 Å². The van der Waals surface area contributed by atoms with Crippen LogP contribution in [0.3, 0.4) is 0 Å². The smallest absolute Gasteiger partial charge is 0.119 e. The van der Waals surface area contributed by atoms with E-state index in [0.717, 1.165) is 67.3 Å². The first-order valence-electron chi connectivity index (χ1n) is 15.6. The normalized spacial score (nSPS) is 16.8. The van der Waals surface area contributed by atoms with Crippen LogP contribution in [0.2, 0.25) is 0 Å². The summed E-state index contributed by atoms with van der Waals surface area (Å²) in [6.07, 6.45) is 0. The van der Waals surface area contributed by atoms with E-state index in [4.69, 9.17) is 38.4 Å². The minimum Gasteiger partial charge on any atom is -0.491 e. The van der Waals surface area contributed by atoms with Crippen molar-refractivity contribution in [2.45, 2.75) is 0 Å². The molecule has 0 fully saturated rings. The first-order chi connectivity index (χ1) is 22.8. The Morgan fingerprint density at radius 1 is 0.391 bits per heavy atom. The number of hydrogen-bond donors (Lipinski definition) is 0. The van der Waals surface area contributed by atoms with E-state index in [0.29, 0.717) is 66.1 Å². The molecule has 0 aliphatic carbocycles. The van der Waals surface area contributed by atoms with Crippen molar-refractivity contribution < 1.29 is 28.4 Å². The summed E-state index contributed by atoms with van der Waals surface area (Å²) >= 11 is 0. The van der Waals surface area contributed by atoms with Crippen molar-refractivity contribution in [2.24, 2.45) is 0 Å². The molecule has 8 nitrogen and oxygen atoms in total. The van der Waals surface area contributed by atoms with Gasteiger partial charge in [0.15, 0.2) is 0 Å². The lowest BCUT2D eigenvalue weighted by molar-refractivity contribution is 0.0412. The molecule has 0 unspecified atom stereocenters. The standard InChI is InChI=1S/C36H38N2O6S2/c1-2-30-8-14-34-28-5-11-32(12-6-28)44-22-20-40-16-18-42-24-26-46-45-25-23-41-17-15-39-19-21-43-31-9-3-27(4-10-31)33-13-7-29(1)35(37-33)36(30)38-34/h1-14H,15-26H2. The van der Waals surface area contributed by atoms with E-state index in [2.05, 4.69) is 24.3 Å². The number of benzene rings is 3. The van der Waals surface area contributed by atoms with E-state index < -0.39 is 0 Å². The number of hydrogen-bond acceptors (Lipinski definition) is 10. The van der Waals surface area contributed by atoms with Crippen molar-refractivity contribution in [3.05, 3.63) is 84.9 Å². The first kappa shape index (κ1) is 32.6. The number of nitrogens with zero attached hydrogens (tertiary/aromatic N) is 2. The molecule has 5 heterocycles. The molecule has 0 saturated carbocycles. The van der Waals surface area contributed by atoms with Crippen LogP contribution in [0, 0.1) is 0 Å². The first-order valence-corrected chi connectivity index (χ1v) is 18.0. The summed E-state index contributed by atoms with van der Waals surface area (Å²) in [6.45, 7) is 5.61. The van der Waals surface area contributed by atoms with Crippen LogP contribution in [0.25, 0.3) is 44.3 Å². The third kappa shape index (κ3) is 9.34. The van der Waals surface area contributed by atoms with Gasteiger partial charge < -0.3 is 28.4 Å². The molecule has 0 N–H and O–H groups in total. The van der Waals surface area contributed by atoms with Gasteiger partial charge in [0, 0.05) is 33.4 Å². The summed E-state index contributed by atoms with van der Waals surface area (Å²) < 4.78 is 34.4. The van der Waals surface area contributed by atoms with Crippen LogP contribution in [-0.2, 0) is 18.9 Å². The van der Waals surface area contributed by atoms with Gasteiger partial charge in [0.25, 0.3) is 0 Å². The van der Waals surface area contributed by atoms with Crippen molar-refractivity contribution in [1.82, 2.24) is 9.97 Å². The van der Waals surface area contributed by atoms with Gasteiger partial charge in [-0.1, -0.05) is 45.9 Å². The van der Waals surface area contributed by atoms with Gasteiger partial charge in [0.05, 0.1) is 75.3 Å². The zero-order chi connectivity index (χ0) is 31.2. The maximum absolute atomic E-state index is 5.88. The van der Waals surface area contributed by atoms with Crippen molar-refractivity contribution in [3.63, 3.8) is 0 Å². The number of pyridine rings is 2. The van der Waals surface area contributed by atoms with E-state index in [-0.39, 0.29) is 0 Å². The average molecular weight is 659 g/mol. The van der Waals surface area contributed by atoms with E-state index in [1.54, 1.807) is 21.6 Å². The van der Waals surface area contributed by atoms with Crippen molar-refractivity contribution in [2.75, 3.05) is 77.6 Å². The third-order valence-electron chi connectivity index (χ3n) is 7.26. The average Bonchev–Trinajstić information content (AvgIpc) is 3.10. The number of rotatable bonds is 0. The molecule has 5 aromatic rings. The van der Waals surface area contributed by atoms with Crippen LogP contribution in [-0.4, -0.2) is 87.5 Å². The maximum Gasteiger partial charge on any atom is 0.119 e. The summed E-state index contributed by atoms with van der Waals surface area (Å²) in [5.41, 5.74) is 5.54. The highest BCUT2D eigenvalue weighted by Gasteiger charge is 2.10. The topological polar surface area (TPSA) is 81.2 Å². The summed E-state index contributed by atoms with van der Waals surface area (Å²) in [5, 5.41) is 2.09.